The number of piperidine rings is 1. The number of amides is 1. The minimum atomic E-state index is 0.0302. The Morgan fingerprint density at radius 2 is 1.92 bits per heavy atom. The quantitative estimate of drug-likeness (QED) is 0.239. The first kappa shape index (κ1) is 23.3. The molecule has 1 amide bonds. The molecule has 39 heavy (non-hydrogen) atoms. The number of carbonyl (C=O) groups is 1. The molecule has 1 aromatic carbocycles. The summed E-state index contributed by atoms with van der Waals surface area (Å²) in [7, 11) is 0. The third-order valence-electron chi connectivity index (χ3n) is 7.27. The number of rotatable bonds is 6. The molecule has 10 heteroatoms. The Morgan fingerprint density at radius 1 is 1.00 bits per heavy atom. The number of nitrogens with one attached hydrogen (secondary N) is 4. The van der Waals surface area contributed by atoms with Crippen LogP contribution in [0, 0.1) is 5.92 Å². The number of fused-ring (bicyclic) bond motifs is 2. The molecule has 4 N–H and O–H groups in total. The van der Waals surface area contributed by atoms with Crippen LogP contribution in [-0.2, 0) is 4.79 Å². The van der Waals surface area contributed by atoms with E-state index in [1.165, 1.54) is 0 Å². The number of aromatic amines is 2. The molecule has 5 aromatic heterocycles. The second-order valence-electron chi connectivity index (χ2n) is 9.89. The highest BCUT2D eigenvalue weighted by Gasteiger charge is 2.18. The van der Waals surface area contributed by atoms with Gasteiger partial charge in [-0.1, -0.05) is 6.07 Å². The Hall–Kier alpha value is -4.83. The lowest BCUT2D eigenvalue weighted by atomic mass is 9.94. The van der Waals surface area contributed by atoms with Gasteiger partial charge in [0.05, 0.1) is 35.4 Å². The van der Waals surface area contributed by atoms with Gasteiger partial charge in [-0.2, -0.15) is 5.10 Å². The van der Waals surface area contributed by atoms with Gasteiger partial charge in [0.1, 0.15) is 16.9 Å². The van der Waals surface area contributed by atoms with Gasteiger partial charge in [-0.15, -0.1) is 0 Å². The Labute approximate surface area is 223 Å². The van der Waals surface area contributed by atoms with Gasteiger partial charge >= 0.3 is 0 Å². The Kier molecular flexibility index (Phi) is 5.86. The number of pyridine rings is 2. The fourth-order valence-electron chi connectivity index (χ4n) is 5.26. The van der Waals surface area contributed by atoms with Crippen LogP contribution in [0.4, 0.5) is 5.69 Å². The van der Waals surface area contributed by atoms with Crippen LogP contribution in [0.25, 0.3) is 55.8 Å². The number of H-pyrrole nitrogens is 2. The average molecular weight is 519 g/mol. The van der Waals surface area contributed by atoms with Gasteiger partial charge in [0, 0.05) is 35.3 Å². The molecule has 7 rings (SSSR count). The van der Waals surface area contributed by atoms with E-state index in [-0.39, 0.29) is 5.91 Å². The third-order valence-corrected chi connectivity index (χ3v) is 7.27. The van der Waals surface area contributed by atoms with Crippen molar-refractivity contribution in [3.05, 3.63) is 67.5 Å². The molecule has 1 aliphatic rings. The number of furan rings is 1. The number of benzene rings is 1. The summed E-state index contributed by atoms with van der Waals surface area (Å²) in [6, 6.07) is 11.8. The highest BCUT2D eigenvalue weighted by molar-refractivity contribution is 5.98. The normalized spacial score (nSPS) is 14.3. The first-order valence-electron chi connectivity index (χ1n) is 13.0. The van der Waals surface area contributed by atoms with E-state index in [1.54, 1.807) is 31.1 Å². The first-order valence-corrected chi connectivity index (χ1v) is 13.0. The first-order chi connectivity index (χ1) is 19.2. The molecule has 10 nitrogen and oxygen atoms in total. The van der Waals surface area contributed by atoms with E-state index < -0.39 is 0 Å². The standard InChI is InChI=1S/C29H26N8O2/c38-25(11-17-3-7-30-8-4-17)33-21-12-20(14-31-15-21)18-1-2-23-22(13-18)27(37-36-23)29-34-24-5-9-32-26(28(24)35-29)19-6-10-39-16-19/h1-2,5-6,9-10,12-17,30H,3-4,7-8,11H2,(H,33,38)(H,34,35)(H,36,37). The third kappa shape index (κ3) is 4.55. The Bertz CT molecular complexity index is 1780. The van der Waals surface area contributed by atoms with E-state index in [0.29, 0.717) is 29.5 Å². The van der Waals surface area contributed by atoms with Crippen LogP contribution >= 0.6 is 0 Å². The predicted octanol–water partition coefficient (Wildman–Crippen LogP) is 5.15. The number of hydrogen-bond donors (Lipinski definition) is 4. The summed E-state index contributed by atoms with van der Waals surface area (Å²) < 4.78 is 5.25. The SMILES string of the molecule is O=C(CC1CCNCC1)Nc1cncc(-c2ccc3[nH]nc(-c4nc5c(-c6ccoc6)nccc5[nH]4)c3c2)c1. The zero-order valence-electron chi connectivity index (χ0n) is 21.1. The molecule has 6 aromatic rings. The highest BCUT2D eigenvalue weighted by atomic mass is 16.3. The van der Waals surface area contributed by atoms with Crippen molar-refractivity contribution in [2.45, 2.75) is 19.3 Å². The molecule has 0 aliphatic carbocycles. The number of carbonyl (C=O) groups excluding carboxylic acids is 1. The van der Waals surface area contributed by atoms with E-state index in [2.05, 4.69) is 41.8 Å². The minimum Gasteiger partial charge on any atom is -0.472 e. The lowest BCUT2D eigenvalue weighted by Crippen LogP contribution is -2.30. The van der Waals surface area contributed by atoms with Crippen LogP contribution in [0.1, 0.15) is 19.3 Å². The van der Waals surface area contributed by atoms with Crippen molar-refractivity contribution in [2.24, 2.45) is 5.92 Å². The van der Waals surface area contributed by atoms with Gasteiger partial charge in [0.2, 0.25) is 5.91 Å². The number of aromatic nitrogens is 6. The van der Waals surface area contributed by atoms with Crippen LogP contribution < -0.4 is 10.6 Å². The fourth-order valence-corrected chi connectivity index (χ4v) is 5.26. The topological polar surface area (TPSA) is 137 Å². The molecular weight excluding hydrogens is 492 g/mol. The van der Waals surface area contributed by atoms with Crippen LogP contribution in [0.5, 0.6) is 0 Å². The van der Waals surface area contributed by atoms with Crippen LogP contribution in [-0.4, -0.2) is 49.1 Å². The summed E-state index contributed by atoms with van der Waals surface area (Å²) >= 11 is 0. The zero-order chi connectivity index (χ0) is 26.2. The average Bonchev–Trinajstić information content (AvgIpc) is 3.73. The molecule has 1 fully saturated rings. The maximum Gasteiger partial charge on any atom is 0.224 e. The van der Waals surface area contributed by atoms with Crippen LogP contribution in [0.2, 0.25) is 0 Å². The van der Waals surface area contributed by atoms with Crippen molar-refractivity contribution >= 4 is 33.5 Å². The zero-order valence-corrected chi connectivity index (χ0v) is 21.1. The van der Waals surface area contributed by atoms with E-state index in [0.717, 1.165) is 70.3 Å². The lowest BCUT2D eigenvalue weighted by Gasteiger charge is -2.21. The van der Waals surface area contributed by atoms with Crippen LogP contribution in [0.3, 0.4) is 0 Å². The summed E-state index contributed by atoms with van der Waals surface area (Å²) in [6.07, 6.45) is 11.1. The summed E-state index contributed by atoms with van der Waals surface area (Å²) in [5.41, 5.74) is 7.37. The van der Waals surface area contributed by atoms with Gasteiger partial charge < -0.3 is 20.0 Å². The maximum absolute atomic E-state index is 12.7. The molecule has 0 unspecified atom stereocenters. The molecule has 6 heterocycles. The second kappa shape index (κ2) is 9.80. The Morgan fingerprint density at radius 3 is 2.79 bits per heavy atom. The maximum atomic E-state index is 12.7. The van der Waals surface area contributed by atoms with Crippen molar-refractivity contribution in [1.29, 1.82) is 0 Å². The summed E-state index contributed by atoms with van der Waals surface area (Å²) in [6.45, 7) is 1.95. The Balaban J connectivity index is 1.19. The number of imidazole rings is 1. The molecular formula is C29H26N8O2. The molecule has 0 spiro atoms. The molecule has 1 aliphatic heterocycles. The largest absolute Gasteiger partial charge is 0.472 e. The van der Waals surface area contributed by atoms with Gasteiger partial charge in [-0.25, -0.2) is 4.98 Å². The molecule has 0 radical (unpaired) electrons. The van der Waals surface area contributed by atoms with Gasteiger partial charge in [-0.3, -0.25) is 19.9 Å². The number of nitrogens with zero attached hydrogens (tertiary/aromatic N) is 4. The fraction of sp³-hybridized carbons (Fsp3) is 0.207. The predicted molar refractivity (Wildman–Crippen MR) is 149 cm³/mol. The van der Waals surface area contributed by atoms with Crippen molar-refractivity contribution in [3.63, 3.8) is 0 Å². The van der Waals surface area contributed by atoms with Crippen molar-refractivity contribution in [1.82, 2.24) is 35.5 Å². The smallest absolute Gasteiger partial charge is 0.224 e. The summed E-state index contributed by atoms with van der Waals surface area (Å²) in [5, 5.41) is 15.0. The molecule has 0 bridgehead atoms. The van der Waals surface area contributed by atoms with E-state index in [9.17, 15) is 4.79 Å². The summed E-state index contributed by atoms with van der Waals surface area (Å²) in [4.78, 5) is 29.8. The van der Waals surface area contributed by atoms with Crippen LogP contribution in [0.15, 0.2) is 71.9 Å². The monoisotopic (exact) mass is 518 g/mol. The van der Waals surface area contributed by atoms with E-state index in [1.807, 2.05) is 30.3 Å². The lowest BCUT2D eigenvalue weighted by molar-refractivity contribution is -0.117. The van der Waals surface area contributed by atoms with Gasteiger partial charge in [0.25, 0.3) is 0 Å². The molecule has 0 atom stereocenters. The molecule has 194 valence electrons. The summed E-state index contributed by atoms with van der Waals surface area (Å²) in [5.74, 6) is 1.10. The van der Waals surface area contributed by atoms with Gasteiger partial charge in [0.15, 0.2) is 5.82 Å². The molecule has 0 saturated carbocycles. The van der Waals surface area contributed by atoms with Crippen molar-refractivity contribution < 1.29 is 9.21 Å². The number of anilines is 1. The van der Waals surface area contributed by atoms with Crippen molar-refractivity contribution in [3.8, 4) is 33.9 Å². The van der Waals surface area contributed by atoms with Gasteiger partial charge in [-0.05, 0) is 67.7 Å². The second-order valence-corrected chi connectivity index (χ2v) is 9.89. The highest BCUT2D eigenvalue weighted by Crippen LogP contribution is 2.33. The van der Waals surface area contributed by atoms with Crippen molar-refractivity contribution in [2.75, 3.05) is 18.4 Å². The minimum absolute atomic E-state index is 0.0302. The van der Waals surface area contributed by atoms with E-state index in [4.69, 9.17) is 9.40 Å². The molecule has 1 saturated heterocycles. The van der Waals surface area contributed by atoms with E-state index >= 15 is 0 Å². The number of hydrogen-bond acceptors (Lipinski definition) is 7.